The van der Waals surface area contributed by atoms with Gasteiger partial charge in [-0.3, -0.25) is 14.5 Å². The highest BCUT2D eigenvalue weighted by Crippen LogP contribution is 2.35. The van der Waals surface area contributed by atoms with Gasteiger partial charge in [0.25, 0.3) is 11.8 Å². The number of rotatable bonds is 6. The van der Waals surface area contributed by atoms with E-state index in [-0.39, 0.29) is 24.1 Å². The van der Waals surface area contributed by atoms with Crippen molar-refractivity contribution >= 4 is 29.3 Å². The average Bonchev–Trinajstić information content (AvgIpc) is 2.95. The molecule has 4 rings (SSSR count). The first-order valence-corrected chi connectivity index (χ1v) is 11.1. The van der Waals surface area contributed by atoms with E-state index < -0.39 is 0 Å². The molecule has 6 nitrogen and oxygen atoms in total. The van der Waals surface area contributed by atoms with E-state index in [1.165, 1.54) is 4.90 Å². The van der Waals surface area contributed by atoms with Crippen LogP contribution in [0.25, 0.3) is 0 Å². The third-order valence-electron chi connectivity index (χ3n) is 5.12. The van der Waals surface area contributed by atoms with Crippen molar-refractivity contribution in [2.24, 2.45) is 0 Å². The normalized spacial score (nSPS) is 13.8. The standard InChI is InChI=1S/C25H24N4O2S/c1-15-10-11-16(2)20(12-15)28-21-22(32-25-26-17(3)13-18(4)27-25)24(31)29(23(21)30)14-19-8-6-5-7-9-19/h5-13,28H,14H2,1-4H3. The van der Waals surface area contributed by atoms with Crippen LogP contribution in [-0.2, 0) is 16.1 Å². The molecule has 3 aromatic rings. The monoisotopic (exact) mass is 444 g/mol. The fourth-order valence-corrected chi connectivity index (χ4v) is 4.50. The lowest BCUT2D eigenvalue weighted by Crippen LogP contribution is -2.32. The molecule has 0 bridgehead atoms. The number of carbonyl (C=O) groups is 2. The van der Waals surface area contributed by atoms with Crippen molar-refractivity contribution in [3.05, 3.63) is 93.3 Å². The minimum absolute atomic E-state index is 0.203. The van der Waals surface area contributed by atoms with Crippen molar-refractivity contribution in [3.8, 4) is 0 Å². The van der Waals surface area contributed by atoms with Gasteiger partial charge in [-0.25, -0.2) is 9.97 Å². The predicted octanol–water partition coefficient (Wildman–Crippen LogP) is 4.70. The topological polar surface area (TPSA) is 75.2 Å². The summed E-state index contributed by atoms with van der Waals surface area (Å²) in [6.07, 6.45) is 0. The van der Waals surface area contributed by atoms with Gasteiger partial charge < -0.3 is 5.32 Å². The summed E-state index contributed by atoms with van der Waals surface area (Å²) in [4.78, 5) is 37.2. The molecule has 2 amide bonds. The molecule has 1 N–H and O–H groups in total. The van der Waals surface area contributed by atoms with Gasteiger partial charge in [-0.1, -0.05) is 42.5 Å². The summed E-state index contributed by atoms with van der Waals surface area (Å²) in [6.45, 7) is 7.91. The lowest BCUT2D eigenvalue weighted by molar-refractivity contribution is -0.137. The Morgan fingerprint density at radius 2 is 1.56 bits per heavy atom. The zero-order valence-corrected chi connectivity index (χ0v) is 19.3. The molecular formula is C25H24N4O2S. The Labute approximate surface area is 191 Å². The van der Waals surface area contributed by atoms with Crippen LogP contribution < -0.4 is 5.32 Å². The summed E-state index contributed by atoms with van der Waals surface area (Å²) in [5, 5.41) is 3.68. The SMILES string of the molecule is Cc1ccc(C)c(NC2=C(Sc3nc(C)cc(C)n3)C(=O)N(Cc3ccccc3)C2=O)c1. The predicted molar refractivity (Wildman–Crippen MR) is 126 cm³/mol. The first-order valence-electron chi connectivity index (χ1n) is 10.3. The Balaban J connectivity index is 1.73. The van der Waals surface area contributed by atoms with Gasteiger partial charge >= 0.3 is 0 Å². The smallest absolute Gasteiger partial charge is 0.278 e. The largest absolute Gasteiger partial charge is 0.350 e. The Bertz CT molecular complexity index is 1220. The molecule has 1 aliphatic rings. The van der Waals surface area contributed by atoms with Crippen molar-refractivity contribution in [1.82, 2.24) is 14.9 Å². The summed E-state index contributed by atoms with van der Waals surface area (Å²) < 4.78 is 0. The Morgan fingerprint density at radius 1 is 0.875 bits per heavy atom. The quantitative estimate of drug-likeness (QED) is 0.439. The van der Waals surface area contributed by atoms with Gasteiger partial charge in [0.2, 0.25) is 0 Å². The van der Waals surface area contributed by atoms with Crippen LogP contribution in [0, 0.1) is 27.7 Å². The lowest BCUT2D eigenvalue weighted by atomic mass is 10.1. The molecule has 32 heavy (non-hydrogen) atoms. The maximum atomic E-state index is 13.4. The Hall–Kier alpha value is -3.45. The van der Waals surface area contributed by atoms with Crippen LogP contribution in [0.15, 0.2) is 70.4 Å². The Morgan fingerprint density at radius 3 is 2.25 bits per heavy atom. The Kier molecular flexibility index (Phi) is 6.10. The van der Waals surface area contributed by atoms with Gasteiger partial charge in [0.15, 0.2) is 5.16 Å². The number of thioether (sulfide) groups is 1. The molecule has 2 heterocycles. The molecule has 0 aliphatic carbocycles. The number of imide groups is 1. The van der Waals surface area contributed by atoms with E-state index >= 15 is 0 Å². The molecule has 0 atom stereocenters. The molecule has 2 aromatic carbocycles. The number of carbonyl (C=O) groups excluding carboxylic acids is 2. The number of aromatic nitrogens is 2. The summed E-state index contributed by atoms with van der Waals surface area (Å²) in [6, 6.07) is 17.3. The van der Waals surface area contributed by atoms with Gasteiger partial charge in [-0.15, -0.1) is 0 Å². The lowest BCUT2D eigenvalue weighted by Gasteiger charge is -2.16. The number of nitrogens with zero attached hydrogens (tertiary/aromatic N) is 3. The highest BCUT2D eigenvalue weighted by molar-refractivity contribution is 8.04. The molecule has 0 saturated heterocycles. The van der Waals surface area contributed by atoms with Crippen LogP contribution in [0.5, 0.6) is 0 Å². The number of hydrogen-bond donors (Lipinski definition) is 1. The molecule has 0 unspecified atom stereocenters. The third kappa shape index (κ3) is 4.57. The number of benzene rings is 2. The zero-order chi connectivity index (χ0) is 22.8. The van der Waals surface area contributed by atoms with Crippen LogP contribution in [-0.4, -0.2) is 26.7 Å². The van der Waals surface area contributed by atoms with Gasteiger partial charge in [0, 0.05) is 17.1 Å². The molecule has 1 aliphatic heterocycles. The number of amides is 2. The summed E-state index contributed by atoms with van der Waals surface area (Å²) in [7, 11) is 0. The van der Waals surface area contributed by atoms with Gasteiger partial charge in [-0.05, 0) is 68.3 Å². The van der Waals surface area contributed by atoms with Crippen LogP contribution in [0.4, 0.5) is 5.69 Å². The van der Waals surface area contributed by atoms with Crippen molar-refractivity contribution in [3.63, 3.8) is 0 Å². The highest BCUT2D eigenvalue weighted by Gasteiger charge is 2.39. The molecule has 1 aromatic heterocycles. The molecule has 162 valence electrons. The van der Waals surface area contributed by atoms with Crippen LogP contribution >= 0.6 is 11.8 Å². The molecule has 0 saturated carbocycles. The summed E-state index contributed by atoms with van der Waals surface area (Å²) >= 11 is 1.13. The number of aryl methyl sites for hydroxylation is 4. The second-order valence-electron chi connectivity index (χ2n) is 7.86. The number of anilines is 1. The van der Waals surface area contributed by atoms with Crippen LogP contribution in [0.1, 0.15) is 28.1 Å². The van der Waals surface area contributed by atoms with Gasteiger partial charge in [0.05, 0.1) is 6.54 Å². The van der Waals surface area contributed by atoms with Gasteiger partial charge in [-0.2, -0.15) is 0 Å². The first kappa shape index (κ1) is 21.8. The second-order valence-corrected chi connectivity index (χ2v) is 8.84. The van der Waals surface area contributed by atoms with E-state index in [0.29, 0.717) is 10.1 Å². The molecule has 7 heteroatoms. The zero-order valence-electron chi connectivity index (χ0n) is 18.5. The van der Waals surface area contributed by atoms with Crippen molar-refractivity contribution in [2.45, 2.75) is 39.4 Å². The fourth-order valence-electron chi connectivity index (χ4n) is 3.50. The van der Waals surface area contributed by atoms with Crippen molar-refractivity contribution in [2.75, 3.05) is 5.32 Å². The second kappa shape index (κ2) is 8.96. The van der Waals surface area contributed by atoms with Crippen molar-refractivity contribution in [1.29, 1.82) is 0 Å². The summed E-state index contributed by atoms with van der Waals surface area (Å²) in [5.74, 6) is -0.703. The summed E-state index contributed by atoms with van der Waals surface area (Å²) in [5.41, 5.74) is 5.59. The maximum absolute atomic E-state index is 13.4. The van der Waals surface area contributed by atoms with E-state index in [1.54, 1.807) is 0 Å². The molecule has 0 spiro atoms. The molecule has 0 fully saturated rings. The number of hydrogen-bond acceptors (Lipinski definition) is 6. The molecular weight excluding hydrogens is 420 g/mol. The first-order chi connectivity index (χ1) is 15.3. The van der Waals surface area contributed by atoms with Crippen LogP contribution in [0.2, 0.25) is 0 Å². The van der Waals surface area contributed by atoms with Crippen LogP contribution in [0.3, 0.4) is 0 Å². The van der Waals surface area contributed by atoms with E-state index in [2.05, 4.69) is 15.3 Å². The van der Waals surface area contributed by atoms with E-state index in [0.717, 1.165) is 45.5 Å². The highest BCUT2D eigenvalue weighted by atomic mass is 32.2. The minimum Gasteiger partial charge on any atom is -0.350 e. The van der Waals surface area contributed by atoms with Gasteiger partial charge in [0.1, 0.15) is 10.6 Å². The fraction of sp³-hybridized carbons (Fsp3) is 0.200. The minimum atomic E-state index is -0.355. The van der Waals surface area contributed by atoms with E-state index in [1.807, 2.05) is 82.3 Å². The van der Waals surface area contributed by atoms with Crippen molar-refractivity contribution < 1.29 is 9.59 Å². The van der Waals surface area contributed by atoms with E-state index in [4.69, 9.17) is 0 Å². The maximum Gasteiger partial charge on any atom is 0.278 e. The molecule has 0 radical (unpaired) electrons. The third-order valence-corrected chi connectivity index (χ3v) is 6.06. The average molecular weight is 445 g/mol. The van der Waals surface area contributed by atoms with E-state index in [9.17, 15) is 9.59 Å². The number of nitrogens with one attached hydrogen (secondary N) is 1.